The Labute approximate surface area is 200 Å². The van der Waals surface area contributed by atoms with E-state index in [1.807, 2.05) is 11.0 Å². The van der Waals surface area contributed by atoms with Crippen LogP contribution in [0.3, 0.4) is 0 Å². The lowest BCUT2D eigenvalue weighted by atomic mass is 10.00. The predicted molar refractivity (Wildman–Crippen MR) is 138 cm³/mol. The first-order valence-electron chi connectivity index (χ1n) is 11.5. The van der Waals surface area contributed by atoms with Gasteiger partial charge in [0.2, 0.25) is 5.91 Å². The number of rotatable bonds is 12. The highest BCUT2D eigenvalue weighted by atomic mass is 127. The average molecular weight is 529 g/mol. The number of hydrogen-bond acceptors (Lipinski definition) is 2. The molecule has 1 aromatic carbocycles. The van der Waals surface area contributed by atoms with Crippen molar-refractivity contribution >= 4 is 35.8 Å². The Bertz CT molecular complexity index is 623. The van der Waals surface area contributed by atoms with Gasteiger partial charge in [-0.05, 0) is 31.2 Å². The lowest BCUT2D eigenvalue weighted by molar-refractivity contribution is -0.127. The Balaban J connectivity index is 0.00000450. The van der Waals surface area contributed by atoms with E-state index in [-0.39, 0.29) is 29.9 Å². The Kier molecular flexibility index (Phi) is 13.8. The van der Waals surface area contributed by atoms with Gasteiger partial charge >= 0.3 is 0 Å². The van der Waals surface area contributed by atoms with E-state index in [0.29, 0.717) is 18.3 Å². The molecule has 0 bridgehead atoms. The van der Waals surface area contributed by atoms with Crippen LogP contribution in [0.4, 0.5) is 0 Å². The number of guanidine groups is 1. The van der Waals surface area contributed by atoms with Crippen molar-refractivity contribution in [2.24, 2.45) is 16.8 Å². The number of carbonyl (C=O) groups excluding carboxylic acids is 1. The van der Waals surface area contributed by atoms with E-state index >= 15 is 0 Å². The molecule has 0 spiro atoms. The van der Waals surface area contributed by atoms with Crippen molar-refractivity contribution in [2.75, 3.05) is 32.7 Å². The number of likely N-dealkylation sites (tertiary alicyclic amines) is 1. The smallest absolute Gasteiger partial charge is 0.223 e. The summed E-state index contributed by atoms with van der Waals surface area (Å²) in [6.45, 7) is 10.8. The van der Waals surface area contributed by atoms with Gasteiger partial charge in [-0.3, -0.25) is 9.79 Å². The summed E-state index contributed by atoms with van der Waals surface area (Å²) in [6, 6.07) is 10.4. The van der Waals surface area contributed by atoms with Gasteiger partial charge in [0.05, 0.1) is 0 Å². The molecule has 0 aromatic heterocycles. The number of carbonyl (C=O) groups is 1. The number of hydrogen-bond donors (Lipinski definition) is 2. The molecule has 1 aliphatic rings. The number of benzene rings is 1. The van der Waals surface area contributed by atoms with Crippen molar-refractivity contribution < 1.29 is 4.79 Å². The first-order valence-corrected chi connectivity index (χ1v) is 11.5. The van der Waals surface area contributed by atoms with Gasteiger partial charge in [0.15, 0.2) is 5.96 Å². The van der Waals surface area contributed by atoms with E-state index in [4.69, 9.17) is 4.99 Å². The summed E-state index contributed by atoms with van der Waals surface area (Å²) in [4.78, 5) is 19.2. The minimum Gasteiger partial charge on any atom is -0.357 e. The summed E-state index contributed by atoms with van der Waals surface area (Å²) in [7, 11) is 0. The van der Waals surface area contributed by atoms with Crippen LogP contribution in [0.2, 0.25) is 0 Å². The van der Waals surface area contributed by atoms with Gasteiger partial charge in [-0.25, -0.2) is 0 Å². The van der Waals surface area contributed by atoms with E-state index in [1.165, 1.54) is 31.2 Å². The van der Waals surface area contributed by atoms with Crippen LogP contribution in [0, 0.1) is 11.8 Å². The summed E-state index contributed by atoms with van der Waals surface area (Å²) in [5.74, 6) is 2.18. The van der Waals surface area contributed by atoms with Crippen LogP contribution < -0.4 is 10.6 Å². The van der Waals surface area contributed by atoms with E-state index in [2.05, 4.69) is 55.7 Å². The van der Waals surface area contributed by atoms with Crippen molar-refractivity contribution in [1.29, 1.82) is 0 Å². The molecule has 1 aliphatic heterocycles. The molecule has 2 atom stereocenters. The second kappa shape index (κ2) is 15.5. The van der Waals surface area contributed by atoms with Crippen molar-refractivity contribution in [3.05, 3.63) is 35.9 Å². The summed E-state index contributed by atoms with van der Waals surface area (Å²) in [5, 5.41) is 6.82. The second-order valence-corrected chi connectivity index (χ2v) is 8.16. The number of nitrogens with zero attached hydrogens (tertiary/aromatic N) is 2. The molecular formula is C24H41IN4O. The minimum atomic E-state index is 0. The Morgan fingerprint density at radius 1 is 1.20 bits per heavy atom. The molecule has 6 heteroatoms. The molecule has 0 aliphatic carbocycles. The molecule has 170 valence electrons. The van der Waals surface area contributed by atoms with E-state index < -0.39 is 0 Å². The number of aliphatic imine (C=N–C) groups is 1. The SMILES string of the molecule is CCCCC(CC)CN=C(NCC)NCC1CC(=O)N(CCc2ccccc2)C1.I. The fourth-order valence-electron chi connectivity index (χ4n) is 3.84. The summed E-state index contributed by atoms with van der Waals surface area (Å²) < 4.78 is 0. The van der Waals surface area contributed by atoms with Crippen LogP contribution in [0.5, 0.6) is 0 Å². The molecule has 0 saturated carbocycles. The third-order valence-corrected chi connectivity index (χ3v) is 5.76. The summed E-state index contributed by atoms with van der Waals surface area (Å²) >= 11 is 0. The molecular weight excluding hydrogens is 487 g/mol. The van der Waals surface area contributed by atoms with Crippen molar-refractivity contribution in [3.8, 4) is 0 Å². The monoisotopic (exact) mass is 528 g/mol. The maximum Gasteiger partial charge on any atom is 0.223 e. The highest BCUT2D eigenvalue weighted by Crippen LogP contribution is 2.18. The van der Waals surface area contributed by atoms with E-state index in [9.17, 15) is 4.79 Å². The average Bonchev–Trinajstić information content (AvgIpc) is 3.10. The third kappa shape index (κ3) is 9.67. The Morgan fingerprint density at radius 3 is 2.63 bits per heavy atom. The Morgan fingerprint density at radius 2 is 1.97 bits per heavy atom. The normalized spacial score (nSPS) is 17.6. The third-order valence-electron chi connectivity index (χ3n) is 5.76. The van der Waals surface area contributed by atoms with Gasteiger partial charge in [-0.2, -0.15) is 0 Å². The van der Waals surface area contributed by atoms with Crippen LogP contribution >= 0.6 is 24.0 Å². The maximum atomic E-state index is 12.4. The van der Waals surface area contributed by atoms with Gasteiger partial charge < -0.3 is 15.5 Å². The predicted octanol–water partition coefficient (Wildman–Crippen LogP) is 4.47. The number of unbranched alkanes of at least 4 members (excludes halogenated alkanes) is 1. The topological polar surface area (TPSA) is 56.7 Å². The highest BCUT2D eigenvalue weighted by molar-refractivity contribution is 14.0. The van der Waals surface area contributed by atoms with E-state index in [0.717, 1.165) is 45.1 Å². The van der Waals surface area contributed by atoms with E-state index in [1.54, 1.807) is 0 Å². The molecule has 30 heavy (non-hydrogen) atoms. The zero-order chi connectivity index (χ0) is 20.9. The Hall–Kier alpha value is -1.31. The molecule has 1 saturated heterocycles. The van der Waals surface area contributed by atoms with Gasteiger partial charge in [-0.15, -0.1) is 24.0 Å². The van der Waals surface area contributed by atoms with Crippen molar-refractivity contribution in [1.82, 2.24) is 15.5 Å². The molecule has 2 unspecified atom stereocenters. The molecule has 1 fully saturated rings. The fourth-order valence-corrected chi connectivity index (χ4v) is 3.84. The van der Waals surface area contributed by atoms with Crippen LogP contribution in [0.1, 0.15) is 58.4 Å². The maximum absolute atomic E-state index is 12.4. The van der Waals surface area contributed by atoms with Gasteiger partial charge in [-0.1, -0.05) is 63.4 Å². The zero-order valence-electron chi connectivity index (χ0n) is 19.0. The highest BCUT2D eigenvalue weighted by Gasteiger charge is 2.29. The molecule has 2 N–H and O–H groups in total. The van der Waals surface area contributed by atoms with Gasteiger partial charge in [0.25, 0.3) is 0 Å². The first-order chi connectivity index (χ1) is 14.2. The van der Waals surface area contributed by atoms with Gasteiger partial charge in [0.1, 0.15) is 0 Å². The first kappa shape index (κ1) is 26.7. The van der Waals surface area contributed by atoms with Crippen molar-refractivity contribution in [2.45, 2.75) is 59.3 Å². The van der Waals surface area contributed by atoms with Crippen LogP contribution in [-0.4, -0.2) is 49.5 Å². The van der Waals surface area contributed by atoms with Crippen LogP contribution in [0.15, 0.2) is 35.3 Å². The summed E-state index contributed by atoms with van der Waals surface area (Å²) in [5.41, 5.74) is 1.29. The number of nitrogens with one attached hydrogen (secondary N) is 2. The van der Waals surface area contributed by atoms with Crippen LogP contribution in [-0.2, 0) is 11.2 Å². The van der Waals surface area contributed by atoms with Crippen molar-refractivity contribution in [3.63, 3.8) is 0 Å². The molecule has 1 heterocycles. The number of amides is 1. The molecule has 0 radical (unpaired) electrons. The lowest BCUT2D eigenvalue weighted by Gasteiger charge is -2.18. The largest absolute Gasteiger partial charge is 0.357 e. The summed E-state index contributed by atoms with van der Waals surface area (Å²) in [6.07, 6.45) is 6.51. The number of halogens is 1. The second-order valence-electron chi connectivity index (χ2n) is 8.16. The van der Waals surface area contributed by atoms with Crippen LogP contribution in [0.25, 0.3) is 0 Å². The standard InChI is InChI=1S/C24H40N4O.HI/c1-4-7-11-20(5-2)17-26-24(25-6-3)27-18-22-16-23(29)28(19-22)15-14-21-12-9-8-10-13-21;/h8-10,12-13,20,22H,4-7,11,14-19H2,1-3H3,(H2,25,26,27);1H. The quantitative estimate of drug-likeness (QED) is 0.239. The molecule has 5 nitrogen and oxygen atoms in total. The molecule has 1 aromatic rings. The van der Waals surface area contributed by atoms with Gasteiger partial charge in [0, 0.05) is 45.1 Å². The minimum absolute atomic E-state index is 0. The molecule has 2 rings (SSSR count). The lowest BCUT2D eigenvalue weighted by Crippen LogP contribution is -2.40. The molecule has 1 amide bonds. The zero-order valence-corrected chi connectivity index (χ0v) is 21.4. The fraction of sp³-hybridized carbons (Fsp3) is 0.667.